The standard InChI is InChI=1S/C24H20N6/c1-27-15-29(21-9-5-3-7-19(21)27)23-12-24(18(14-26)11-17(23)13-25)30-16-28(2)20-8-4-6-10-22(20)30/h3-12H,15-16H2,1-2H3. The molecule has 30 heavy (non-hydrogen) atoms. The van der Waals surface area contributed by atoms with Gasteiger partial charge < -0.3 is 19.6 Å². The zero-order chi connectivity index (χ0) is 20.8. The minimum absolute atomic E-state index is 0.501. The molecule has 0 spiro atoms. The molecule has 0 fully saturated rings. The van der Waals surface area contributed by atoms with Crippen LogP contribution in [0.25, 0.3) is 0 Å². The van der Waals surface area contributed by atoms with Crippen molar-refractivity contribution in [2.24, 2.45) is 0 Å². The van der Waals surface area contributed by atoms with Crippen LogP contribution in [0.4, 0.5) is 34.1 Å². The van der Waals surface area contributed by atoms with Crippen LogP contribution in [-0.4, -0.2) is 27.4 Å². The minimum atomic E-state index is 0.501. The van der Waals surface area contributed by atoms with Gasteiger partial charge in [0.25, 0.3) is 0 Å². The quantitative estimate of drug-likeness (QED) is 0.639. The summed E-state index contributed by atoms with van der Waals surface area (Å²) >= 11 is 0. The van der Waals surface area contributed by atoms with Gasteiger partial charge in [0.15, 0.2) is 0 Å². The van der Waals surface area contributed by atoms with Crippen molar-refractivity contribution in [3.8, 4) is 12.1 Å². The highest BCUT2D eigenvalue weighted by molar-refractivity contribution is 5.89. The highest BCUT2D eigenvalue weighted by Crippen LogP contribution is 2.45. The molecule has 2 aliphatic heterocycles. The number of nitrogens with zero attached hydrogens (tertiary/aromatic N) is 6. The van der Waals surface area contributed by atoms with Gasteiger partial charge in [0, 0.05) is 14.1 Å². The Labute approximate surface area is 176 Å². The summed E-state index contributed by atoms with van der Waals surface area (Å²) in [7, 11) is 4.09. The molecule has 6 nitrogen and oxygen atoms in total. The average molecular weight is 392 g/mol. The molecule has 0 amide bonds. The van der Waals surface area contributed by atoms with E-state index < -0.39 is 0 Å². The summed E-state index contributed by atoms with van der Waals surface area (Å²) in [5.41, 5.74) is 7.00. The van der Waals surface area contributed by atoms with E-state index >= 15 is 0 Å². The molecular formula is C24H20N6. The number of hydrogen-bond acceptors (Lipinski definition) is 6. The van der Waals surface area contributed by atoms with Crippen LogP contribution in [-0.2, 0) is 0 Å². The molecule has 146 valence electrons. The first-order valence-corrected chi connectivity index (χ1v) is 9.76. The maximum atomic E-state index is 9.85. The van der Waals surface area contributed by atoms with Gasteiger partial charge >= 0.3 is 0 Å². The second-order valence-electron chi connectivity index (χ2n) is 7.62. The Kier molecular flexibility index (Phi) is 4.01. The van der Waals surface area contributed by atoms with E-state index in [4.69, 9.17) is 0 Å². The minimum Gasteiger partial charge on any atom is -0.355 e. The average Bonchev–Trinajstić information content (AvgIpc) is 3.30. The lowest BCUT2D eigenvalue weighted by molar-refractivity contribution is 0.937. The number of hydrogen-bond donors (Lipinski definition) is 0. The van der Waals surface area contributed by atoms with E-state index in [2.05, 4.69) is 56.0 Å². The zero-order valence-electron chi connectivity index (χ0n) is 16.9. The van der Waals surface area contributed by atoms with Gasteiger partial charge in [0.05, 0.1) is 58.6 Å². The topological polar surface area (TPSA) is 60.5 Å². The van der Waals surface area contributed by atoms with E-state index in [-0.39, 0.29) is 0 Å². The third-order valence-corrected chi connectivity index (χ3v) is 5.81. The van der Waals surface area contributed by atoms with Crippen LogP contribution in [0, 0.1) is 22.7 Å². The van der Waals surface area contributed by atoms with Crippen LogP contribution >= 0.6 is 0 Å². The Morgan fingerprint density at radius 2 is 1.00 bits per heavy atom. The molecule has 0 saturated heterocycles. The number of rotatable bonds is 2. The van der Waals surface area contributed by atoms with Crippen LogP contribution < -0.4 is 19.6 Å². The third kappa shape index (κ3) is 2.55. The van der Waals surface area contributed by atoms with Gasteiger partial charge in [0.2, 0.25) is 0 Å². The summed E-state index contributed by atoms with van der Waals surface area (Å²) in [6.45, 7) is 1.30. The maximum Gasteiger partial charge on any atom is 0.101 e. The van der Waals surface area contributed by atoms with E-state index in [0.29, 0.717) is 24.5 Å². The highest BCUT2D eigenvalue weighted by atomic mass is 15.4. The Morgan fingerprint density at radius 1 is 0.600 bits per heavy atom. The van der Waals surface area contributed by atoms with Crippen LogP contribution in [0.15, 0.2) is 60.7 Å². The summed E-state index contributed by atoms with van der Waals surface area (Å²) < 4.78 is 0. The molecule has 5 rings (SSSR count). The number of benzene rings is 3. The van der Waals surface area contributed by atoms with Crippen LogP contribution in [0.5, 0.6) is 0 Å². The van der Waals surface area contributed by atoms with Crippen molar-refractivity contribution in [3.63, 3.8) is 0 Å². The molecule has 0 aliphatic carbocycles. The summed E-state index contributed by atoms with van der Waals surface area (Å²) in [5, 5.41) is 19.7. The molecule has 0 N–H and O–H groups in total. The second kappa shape index (κ2) is 6.72. The fourth-order valence-electron chi connectivity index (χ4n) is 4.37. The monoisotopic (exact) mass is 392 g/mol. The predicted molar refractivity (Wildman–Crippen MR) is 120 cm³/mol. The highest BCUT2D eigenvalue weighted by Gasteiger charge is 2.30. The molecule has 0 radical (unpaired) electrons. The molecule has 0 saturated carbocycles. The van der Waals surface area contributed by atoms with Gasteiger partial charge in [-0.1, -0.05) is 24.3 Å². The van der Waals surface area contributed by atoms with Crippen molar-refractivity contribution in [1.82, 2.24) is 0 Å². The lowest BCUT2D eigenvalue weighted by atomic mass is 10.0. The third-order valence-electron chi connectivity index (χ3n) is 5.81. The van der Waals surface area contributed by atoms with Gasteiger partial charge in [0.1, 0.15) is 12.1 Å². The van der Waals surface area contributed by atoms with E-state index in [1.807, 2.05) is 44.4 Å². The fraction of sp³-hybridized carbons (Fsp3) is 0.167. The second-order valence-corrected chi connectivity index (χ2v) is 7.62. The molecular weight excluding hydrogens is 372 g/mol. The van der Waals surface area contributed by atoms with E-state index in [0.717, 1.165) is 34.1 Å². The summed E-state index contributed by atoms with van der Waals surface area (Å²) in [6, 6.07) is 24.6. The van der Waals surface area contributed by atoms with Gasteiger partial charge in [-0.3, -0.25) is 0 Å². The predicted octanol–water partition coefficient (Wildman–Crippen LogP) is 4.52. The van der Waals surface area contributed by atoms with E-state index in [9.17, 15) is 10.5 Å². The van der Waals surface area contributed by atoms with E-state index in [1.54, 1.807) is 6.07 Å². The summed E-state index contributed by atoms with van der Waals surface area (Å²) in [4.78, 5) is 8.61. The molecule has 0 bridgehead atoms. The summed E-state index contributed by atoms with van der Waals surface area (Å²) in [5.74, 6) is 0. The molecule has 0 atom stereocenters. The lowest BCUT2D eigenvalue weighted by Gasteiger charge is -2.26. The molecule has 2 aliphatic rings. The Bertz CT molecular complexity index is 1140. The number of nitriles is 2. The summed E-state index contributed by atoms with van der Waals surface area (Å²) in [6.07, 6.45) is 0. The molecule has 3 aromatic carbocycles. The first-order chi connectivity index (χ1) is 14.6. The molecule has 0 unspecified atom stereocenters. The number of fused-ring (bicyclic) bond motifs is 2. The van der Waals surface area contributed by atoms with Crippen molar-refractivity contribution in [2.75, 3.05) is 47.0 Å². The number of para-hydroxylation sites is 4. The van der Waals surface area contributed by atoms with Crippen molar-refractivity contribution in [2.45, 2.75) is 0 Å². The van der Waals surface area contributed by atoms with Crippen molar-refractivity contribution < 1.29 is 0 Å². The van der Waals surface area contributed by atoms with Crippen molar-refractivity contribution in [1.29, 1.82) is 10.5 Å². The van der Waals surface area contributed by atoms with Crippen molar-refractivity contribution >= 4 is 34.1 Å². The van der Waals surface area contributed by atoms with E-state index in [1.165, 1.54) is 0 Å². The normalized spacial score (nSPS) is 14.4. The molecule has 3 aromatic rings. The fourth-order valence-corrected chi connectivity index (χ4v) is 4.37. The van der Waals surface area contributed by atoms with Crippen molar-refractivity contribution in [3.05, 3.63) is 71.8 Å². The zero-order valence-corrected chi connectivity index (χ0v) is 16.9. The smallest absolute Gasteiger partial charge is 0.101 e. The first-order valence-electron chi connectivity index (χ1n) is 9.76. The SMILES string of the molecule is CN1CN(c2cc(N3CN(C)c4ccccc43)c(C#N)cc2C#N)c2ccccc21. The van der Waals surface area contributed by atoms with Crippen LogP contribution in [0.1, 0.15) is 11.1 Å². The van der Waals surface area contributed by atoms with Crippen LogP contribution in [0.2, 0.25) is 0 Å². The largest absolute Gasteiger partial charge is 0.355 e. The van der Waals surface area contributed by atoms with Gasteiger partial charge in [-0.25, -0.2) is 0 Å². The molecule has 6 heteroatoms. The lowest BCUT2D eigenvalue weighted by Crippen LogP contribution is -2.26. The Balaban J connectivity index is 1.69. The Hall–Kier alpha value is -4.16. The number of anilines is 6. The maximum absolute atomic E-state index is 9.85. The first kappa shape index (κ1) is 17.9. The van der Waals surface area contributed by atoms with Gasteiger partial charge in [-0.05, 0) is 36.4 Å². The van der Waals surface area contributed by atoms with Gasteiger partial charge in [-0.15, -0.1) is 0 Å². The van der Waals surface area contributed by atoms with Crippen LogP contribution in [0.3, 0.4) is 0 Å². The molecule has 0 aromatic heterocycles. The van der Waals surface area contributed by atoms with Gasteiger partial charge in [-0.2, -0.15) is 10.5 Å². The Morgan fingerprint density at radius 3 is 1.40 bits per heavy atom. The molecule has 2 heterocycles.